The van der Waals surface area contributed by atoms with E-state index in [-0.39, 0.29) is 5.69 Å². The minimum absolute atomic E-state index is 0.285. The fraction of sp³-hybridized carbons (Fsp3) is 0.333. The zero-order valence-corrected chi connectivity index (χ0v) is 9.78. The number of carbonyl (C=O) groups is 2. The second-order valence-corrected chi connectivity index (χ2v) is 4.11. The minimum Gasteiger partial charge on any atom is -0.478 e. The van der Waals surface area contributed by atoms with Crippen LogP contribution in [0.4, 0.5) is 14.5 Å². The topological polar surface area (TPSA) is 75.6 Å². The number of hydrogen-bond donors (Lipinski definition) is 2. The van der Waals surface area contributed by atoms with Crippen molar-refractivity contribution in [2.75, 3.05) is 11.9 Å². The zero-order valence-electron chi connectivity index (χ0n) is 9.78. The number of rotatable bonds is 3. The molecule has 1 amide bonds. The Hall–Kier alpha value is -2.02. The lowest BCUT2D eigenvalue weighted by molar-refractivity contribution is -0.124. The molecule has 7 heteroatoms. The Labute approximate surface area is 107 Å². The molecule has 1 aliphatic rings. The van der Waals surface area contributed by atoms with Gasteiger partial charge in [-0.25, -0.2) is 13.6 Å². The van der Waals surface area contributed by atoms with Crippen molar-refractivity contribution in [2.45, 2.75) is 18.9 Å². The van der Waals surface area contributed by atoms with Crippen molar-refractivity contribution in [2.24, 2.45) is 0 Å². The van der Waals surface area contributed by atoms with Crippen molar-refractivity contribution in [3.8, 4) is 0 Å². The largest absolute Gasteiger partial charge is 0.478 e. The Kier molecular flexibility index (Phi) is 3.75. The molecular weight excluding hydrogens is 260 g/mol. The molecule has 0 saturated carbocycles. The summed E-state index contributed by atoms with van der Waals surface area (Å²) >= 11 is 0. The van der Waals surface area contributed by atoms with Gasteiger partial charge >= 0.3 is 5.97 Å². The van der Waals surface area contributed by atoms with Crippen LogP contribution < -0.4 is 5.32 Å². The molecule has 0 bridgehead atoms. The first kappa shape index (κ1) is 13.4. The summed E-state index contributed by atoms with van der Waals surface area (Å²) in [6, 6.07) is 1.18. The van der Waals surface area contributed by atoms with Crippen LogP contribution in [0.1, 0.15) is 23.2 Å². The van der Waals surface area contributed by atoms with Crippen molar-refractivity contribution in [1.29, 1.82) is 0 Å². The van der Waals surface area contributed by atoms with Gasteiger partial charge in [-0.3, -0.25) is 4.79 Å². The van der Waals surface area contributed by atoms with Gasteiger partial charge in [-0.1, -0.05) is 0 Å². The Bertz CT molecular complexity index is 527. The molecule has 2 N–H and O–H groups in total. The van der Waals surface area contributed by atoms with E-state index in [0.717, 1.165) is 6.42 Å². The molecule has 1 saturated heterocycles. The number of halogens is 2. The van der Waals surface area contributed by atoms with E-state index in [1.54, 1.807) is 0 Å². The van der Waals surface area contributed by atoms with Crippen LogP contribution in [0.5, 0.6) is 0 Å². The third-order valence-electron chi connectivity index (χ3n) is 2.77. The van der Waals surface area contributed by atoms with Gasteiger partial charge in [0.25, 0.3) is 5.91 Å². The van der Waals surface area contributed by atoms with Gasteiger partial charge in [0, 0.05) is 12.7 Å². The number of aromatic carboxylic acids is 1. The molecule has 19 heavy (non-hydrogen) atoms. The average molecular weight is 271 g/mol. The van der Waals surface area contributed by atoms with Gasteiger partial charge in [-0.05, 0) is 18.9 Å². The van der Waals surface area contributed by atoms with Gasteiger partial charge in [-0.15, -0.1) is 0 Å². The summed E-state index contributed by atoms with van der Waals surface area (Å²) in [7, 11) is 0. The number of carboxylic acids is 1. The van der Waals surface area contributed by atoms with Gasteiger partial charge in [0.1, 0.15) is 6.10 Å². The van der Waals surface area contributed by atoms with E-state index in [4.69, 9.17) is 9.84 Å². The Morgan fingerprint density at radius 2 is 2.00 bits per heavy atom. The smallest absolute Gasteiger partial charge is 0.337 e. The summed E-state index contributed by atoms with van der Waals surface area (Å²) in [5, 5.41) is 11.1. The lowest BCUT2D eigenvalue weighted by atomic mass is 10.1. The lowest BCUT2D eigenvalue weighted by Crippen LogP contribution is -2.27. The van der Waals surface area contributed by atoms with Crippen molar-refractivity contribution < 1.29 is 28.2 Å². The molecule has 0 spiro atoms. The van der Waals surface area contributed by atoms with Crippen LogP contribution >= 0.6 is 0 Å². The number of amides is 1. The molecule has 1 heterocycles. The summed E-state index contributed by atoms with van der Waals surface area (Å²) in [4.78, 5) is 22.7. The molecule has 0 radical (unpaired) electrons. The Balaban J connectivity index is 2.25. The summed E-state index contributed by atoms with van der Waals surface area (Å²) in [5.74, 6) is -4.53. The Morgan fingerprint density at radius 1 is 1.32 bits per heavy atom. The highest BCUT2D eigenvalue weighted by Crippen LogP contribution is 2.22. The minimum atomic E-state index is -1.46. The first-order valence-electron chi connectivity index (χ1n) is 5.64. The van der Waals surface area contributed by atoms with Crippen LogP contribution in [0.3, 0.4) is 0 Å². The average Bonchev–Trinajstić information content (AvgIpc) is 2.86. The van der Waals surface area contributed by atoms with Gasteiger partial charge in [-0.2, -0.15) is 0 Å². The first-order chi connectivity index (χ1) is 8.99. The summed E-state index contributed by atoms with van der Waals surface area (Å²) in [6.07, 6.45) is 0.550. The molecule has 1 aromatic carbocycles. The predicted molar refractivity (Wildman–Crippen MR) is 60.9 cm³/mol. The fourth-order valence-corrected chi connectivity index (χ4v) is 1.82. The SMILES string of the molecule is O=C(O)c1cc(F)c(F)cc1NC(=O)C1CCCO1. The van der Waals surface area contributed by atoms with Gasteiger partial charge in [0.2, 0.25) is 0 Å². The molecule has 1 aliphatic heterocycles. The summed E-state index contributed by atoms with van der Waals surface area (Å²) < 4.78 is 31.2. The number of carboxylic acid groups (broad SMARTS) is 1. The normalized spacial score (nSPS) is 18.3. The van der Waals surface area contributed by atoms with E-state index in [0.29, 0.717) is 25.2 Å². The molecule has 1 fully saturated rings. The van der Waals surface area contributed by atoms with Crippen LogP contribution in [0.25, 0.3) is 0 Å². The van der Waals surface area contributed by atoms with E-state index >= 15 is 0 Å². The van der Waals surface area contributed by atoms with E-state index in [9.17, 15) is 18.4 Å². The van der Waals surface area contributed by atoms with Crippen LogP contribution in [-0.2, 0) is 9.53 Å². The molecule has 1 aromatic rings. The van der Waals surface area contributed by atoms with Crippen molar-refractivity contribution in [1.82, 2.24) is 0 Å². The van der Waals surface area contributed by atoms with Gasteiger partial charge < -0.3 is 15.2 Å². The lowest BCUT2D eigenvalue weighted by Gasteiger charge is -2.12. The first-order valence-corrected chi connectivity index (χ1v) is 5.64. The quantitative estimate of drug-likeness (QED) is 0.878. The van der Waals surface area contributed by atoms with Crippen LogP contribution in [0, 0.1) is 11.6 Å². The van der Waals surface area contributed by atoms with Gasteiger partial charge in [0.05, 0.1) is 11.3 Å². The highest BCUT2D eigenvalue weighted by molar-refractivity contribution is 6.01. The number of carbonyl (C=O) groups excluding carboxylic acids is 1. The highest BCUT2D eigenvalue weighted by atomic mass is 19.2. The molecule has 2 rings (SSSR count). The number of hydrogen-bond acceptors (Lipinski definition) is 3. The molecule has 5 nitrogen and oxygen atoms in total. The van der Waals surface area contributed by atoms with Crippen LogP contribution in [0.2, 0.25) is 0 Å². The fourth-order valence-electron chi connectivity index (χ4n) is 1.82. The van der Waals surface area contributed by atoms with E-state index in [1.807, 2.05) is 0 Å². The highest BCUT2D eigenvalue weighted by Gasteiger charge is 2.25. The van der Waals surface area contributed by atoms with E-state index in [1.165, 1.54) is 0 Å². The third kappa shape index (κ3) is 2.87. The number of benzene rings is 1. The van der Waals surface area contributed by atoms with Crippen molar-refractivity contribution in [3.63, 3.8) is 0 Å². The molecule has 1 atom stereocenters. The second-order valence-electron chi connectivity index (χ2n) is 4.11. The molecule has 102 valence electrons. The number of nitrogens with one attached hydrogen (secondary N) is 1. The van der Waals surface area contributed by atoms with Crippen LogP contribution in [0.15, 0.2) is 12.1 Å². The van der Waals surface area contributed by atoms with Crippen LogP contribution in [-0.4, -0.2) is 29.7 Å². The maximum Gasteiger partial charge on any atom is 0.337 e. The third-order valence-corrected chi connectivity index (χ3v) is 2.77. The molecule has 1 unspecified atom stereocenters. The molecule has 0 aliphatic carbocycles. The summed E-state index contributed by atoms with van der Waals surface area (Å²) in [5.41, 5.74) is -0.794. The number of ether oxygens (including phenoxy) is 1. The predicted octanol–water partition coefficient (Wildman–Crippen LogP) is 1.78. The van der Waals surface area contributed by atoms with E-state index < -0.39 is 35.2 Å². The van der Waals surface area contributed by atoms with Crippen molar-refractivity contribution >= 4 is 17.6 Å². The van der Waals surface area contributed by atoms with Crippen molar-refractivity contribution in [3.05, 3.63) is 29.3 Å². The monoisotopic (exact) mass is 271 g/mol. The standard InChI is InChI=1S/C12H11F2NO4/c13-7-4-6(12(17)18)9(5-8(7)14)15-11(16)10-2-1-3-19-10/h4-5,10H,1-3H2,(H,15,16)(H,17,18). The zero-order chi connectivity index (χ0) is 14.0. The Morgan fingerprint density at radius 3 is 2.58 bits per heavy atom. The van der Waals surface area contributed by atoms with E-state index in [2.05, 4.69) is 5.32 Å². The molecular formula is C12H11F2NO4. The molecule has 0 aromatic heterocycles. The summed E-state index contributed by atoms with van der Waals surface area (Å²) in [6.45, 7) is 0.446. The second kappa shape index (κ2) is 5.31. The maximum atomic E-state index is 13.1. The van der Waals surface area contributed by atoms with Gasteiger partial charge in [0.15, 0.2) is 11.6 Å². The number of anilines is 1. The maximum absolute atomic E-state index is 13.1.